The highest BCUT2D eigenvalue weighted by Crippen LogP contribution is 2.25. The van der Waals surface area contributed by atoms with Crippen molar-refractivity contribution < 1.29 is 4.79 Å². The second-order valence-electron chi connectivity index (χ2n) is 5.78. The first kappa shape index (κ1) is 17.8. The molecule has 26 heavy (non-hydrogen) atoms. The molecule has 0 atom stereocenters. The van der Waals surface area contributed by atoms with E-state index in [2.05, 4.69) is 35.2 Å². The fraction of sp³-hybridized carbons (Fsp3) is 0.150. The lowest BCUT2D eigenvalue weighted by molar-refractivity contribution is 0.0945. The van der Waals surface area contributed by atoms with Gasteiger partial charge in [-0.1, -0.05) is 49.4 Å². The number of hydrogen-bond acceptors (Lipinski definition) is 3. The Labute approximate surface area is 157 Å². The van der Waals surface area contributed by atoms with Gasteiger partial charge in [0.25, 0.3) is 5.91 Å². The summed E-state index contributed by atoms with van der Waals surface area (Å²) in [6, 6.07) is 17.6. The van der Waals surface area contributed by atoms with Gasteiger partial charge >= 0.3 is 0 Å². The summed E-state index contributed by atoms with van der Waals surface area (Å²) in [6.45, 7) is 2.12. The van der Waals surface area contributed by atoms with Crippen molar-refractivity contribution in [3.05, 3.63) is 65.7 Å². The molecule has 1 heterocycles. The average molecular weight is 364 g/mol. The van der Waals surface area contributed by atoms with E-state index in [9.17, 15) is 4.79 Å². The normalized spacial score (nSPS) is 10.4. The number of carbonyl (C=O) groups is 1. The molecule has 1 aromatic heterocycles. The highest BCUT2D eigenvalue weighted by Gasteiger charge is 2.14. The van der Waals surface area contributed by atoms with Crippen molar-refractivity contribution in [1.29, 1.82) is 0 Å². The van der Waals surface area contributed by atoms with E-state index in [1.54, 1.807) is 7.05 Å². The highest BCUT2D eigenvalue weighted by atomic mass is 32.1. The maximum absolute atomic E-state index is 12.7. The fourth-order valence-electron chi connectivity index (χ4n) is 2.67. The van der Waals surface area contributed by atoms with Gasteiger partial charge in [-0.3, -0.25) is 15.6 Å². The predicted octanol–water partition coefficient (Wildman–Crippen LogP) is 3.20. The number of aromatic nitrogens is 1. The Kier molecular flexibility index (Phi) is 5.43. The lowest BCUT2D eigenvalue weighted by Gasteiger charge is -2.12. The summed E-state index contributed by atoms with van der Waals surface area (Å²) in [5, 5.41) is 3.88. The van der Waals surface area contributed by atoms with E-state index in [1.165, 1.54) is 5.56 Å². The molecular formula is C20H20N4OS. The van der Waals surface area contributed by atoms with Crippen LogP contribution in [0.15, 0.2) is 54.6 Å². The van der Waals surface area contributed by atoms with Crippen LogP contribution in [-0.2, 0) is 6.42 Å². The Morgan fingerprint density at radius 3 is 2.50 bits per heavy atom. The van der Waals surface area contributed by atoms with E-state index in [4.69, 9.17) is 17.2 Å². The van der Waals surface area contributed by atoms with Gasteiger partial charge in [-0.15, -0.1) is 0 Å². The summed E-state index contributed by atoms with van der Waals surface area (Å²) >= 11 is 5.00. The van der Waals surface area contributed by atoms with Crippen LogP contribution in [0.1, 0.15) is 22.8 Å². The SMILES string of the molecule is CCc1ccc(-c2cc(C(=O)NNC(=S)NC)c3ccccc3n2)cc1. The van der Waals surface area contributed by atoms with Crippen LogP contribution in [0.2, 0.25) is 0 Å². The number of hydrogen-bond donors (Lipinski definition) is 3. The van der Waals surface area contributed by atoms with Gasteiger partial charge in [0.15, 0.2) is 5.11 Å². The molecule has 3 rings (SSSR count). The third-order valence-electron chi connectivity index (χ3n) is 4.14. The Bertz CT molecular complexity index is 954. The Morgan fingerprint density at radius 2 is 1.81 bits per heavy atom. The van der Waals surface area contributed by atoms with Crippen LogP contribution in [0.4, 0.5) is 0 Å². The van der Waals surface area contributed by atoms with Crippen molar-refractivity contribution in [1.82, 2.24) is 21.2 Å². The van der Waals surface area contributed by atoms with Crippen LogP contribution in [0.3, 0.4) is 0 Å². The van der Waals surface area contributed by atoms with Gasteiger partial charge in [0, 0.05) is 18.0 Å². The molecule has 0 saturated heterocycles. The van der Waals surface area contributed by atoms with Gasteiger partial charge in [0.2, 0.25) is 0 Å². The third-order valence-corrected chi connectivity index (χ3v) is 4.44. The second-order valence-corrected chi connectivity index (χ2v) is 6.19. The molecule has 132 valence electrons. The quantitative estimate of drug-likeness (QED) is 0.492. The molecular weight excluding hydrogens is 344 g/mol. The molecule has 3 N–H and O–H groups in total. The summed E-state index contributed by atoms with van der Waals surface area (Å²) in [4.78, 5) is 17.4. The smallest absolute Gasteiger partial charge is 0.270 e. The average Bonchev–Trinajstić information content (AvgIpc) is 2.70. The number of nitrogens with zero attached hydrogens (tertiary/aromatic N) is 1. The van der Waals surface area contributed by atoms with Crippen LogP contribution in [0.25, 0.3) is 22.2 Å². The highest BCUT2D eigenvalue weighted by molar-refractivity contribution is 7.80. The largest absolute Gasteiger partial charge is 0.364 e. The standard InChI is InChI=1S/C20H20N4OS/c1-3-13-8-10-14(11-9-13)18-12-16(19(25)23-24-20(26)21-2)15-6-4-5-7-17(15)22-18/h4-12H,3H2,1-2H3,(H,23,25)(H2,21,24,26). The first-order valence-corrected chi connectivity index (χ1v) is 8.80. The van der Waals surface area contributed by atoms with E-state index < -0.39 is 0 Å². The number of rotatable bonds is 3. The van der Waals surface area contributed by atoms with E-state index in [-0.39, 0.29) is 5.91 Å². The van der Waals surface area contributed by atoms with Crippen molar-refractivity contribution >= 4 is 34.1 Å². The van der Waals surface area contributed by atoms with Crippen molar-refractivity contribution in [2.45, 2.75) is 13.3 Å². The number of amides is 1. The van der Waals surface area contributed by atoms with E-state index in [0.717, 1.165) is 28.6 Å². The van der Waals surface area contributed by atoms with Gasteiger partial charge < -0.3 is 5.32 Å². The Balaban J connectivity index is 2.03. The van der Waals surface area contributed by atoms with Crippen LogP contribution < -0.4 is 16.2 Å². The minimum Gasteiger partial charge on any atom is -0.364 e. The summed E-state index contributed by atoms with van der Waals surface area (Å²) < 4.78 is 0. The molecule has 0 aliphatic rings. The first-order valence-electron chi connectivity index (χ1n) is 8.39. The molecule has 6 heteroatoms. The number of hydrazine groups is 1. The lowest BCUT2D eigenvalue weighted by atomic mass is 10.0. The number of pyridine rings is 1. The number of carbonyl (C=O) groups excluding carboxylic acids is 1. The molecule has 0 fully saturated rings. The molecule has 0 bridgehead atoms. The van der Waals surface area contributed by atoms with Gasteiger partial charge in [-0.2, -0.15) is 0 Å². The number of para-hydroxylation sites is 1. The lowest BCUT2D eigenvalue weighted by Crippen LogP contribution is -2.45. The van der Waals surface area contributed by atoms with Gasteiger partial charge in [0.1, 0.15) is 0 Å². The maximum Gasteiger partial charge on any atom is 0.270 e. The van der Waals surface area contributed by atoms with Crippen molar-refractivity contribution in [2.24, 2.45) is 0 Å². The van der Waals surface area contributed by atoms with Gasteiger partial charge in [-0.05, 0) is 36.3 Å². The second kappa shape index (κ2) is 7.93. The van der Waals surface area contributed by atoms with Crippen LogP contribution in [0.5, 0.6) is 0 Å². The number of aryl methyl sites for hydroxylation is 1. The number of benzene rings is 2. The summed E-state index contributed by atoms with van der Waals surface area (Å²) in [5.41, 5.74) is 9.59. The number of fused-ring (bicyclic) bond motifs is 1. The Morgan fingerprint density at radius 1 is 1.08 bits per heavy atom. The molecule has 3 aromatic rings. The molecule has 0 saturated carbocycles. The van der Waals surface area contributed by atoms with Crippen LogP contribution >= 0.6 is 12.2 Å². The fourth-order valence-corrected chi connectivity index (χ4v) is 2.72. The zero-order valence-electron chi connectivity index (χ0n) is 14.7. The zero-order valence-corrected chi connectivity index (χ0v) is 15.5. The predicted molar refractivity (Wildman–Crippen MR) is 109 cm³/mol. The molecule has 0 radical (unpaired) electrons. The summed E-state index contributed by atoms with van der Waals surface area (Å²) in [6.07, 6.45) is 0.982. The molecule has 0 aliphatic carbocycles. The van der Waals surface area contributed by atoms with E-state index in [1.807, 2.05) is 42.5 Å². The van der Waals surface area contributed by atoms with Gasteiger partial charge in [0.05, 0.1) is 16.8 Å². The van der Waals surface area contributed by atoms with Gasteiger partial charge in [-0.25, -0.2) is 4.98 Å². The number of thiocarbonyl (C=S) groups is 1. The maximum atomic E-state index is 12.7. The van der Waals surface area contributed by atoms with E-state index >= 15 is 0 Å². The monoisotopic (exact) mass is 364 g/mol. The topological polar surface area (TPSA) is 66.1 Å². The molecule has 1 amide bonds. The summed E-state index contributed by atoms with van der Waals surface area (Å²) in [5.74, 6) is -0.271. The van der Waals surface area contributed by atoms with E-state index in [0.29, 0.717) is 10.7 Å². The van der Waals surface area contributed by atoms with Crippen molar-refractivity contribution in [2.75, 3.05) is 7.05 Å². The zero-order chi connectivity index (χ0) is 18.5. The first-order chi connectivity index (χ1) is 12.6. The third kappa shape index (κ3) is 3.81. The van der Waals surface area contributed by atoms with Crippen LogP contribution in [0, 0.1) is 0 Å². The van der Waals surface area contributed by atoms with Crippen LogP contribution in [-0.4, -0.2) is 23.1 Å². The Hall–Kier alpha value is -2.99. The molecule has 0 spiro atoms. The van der Waals surface area contributed by atoms with Crippen molar-refractivity contribution in [3.63, 3.8) is 0 Å². The molecule has 2 aromatic carbocycles. The van der Waals surface area contributed by atoms with Crippen molar-refractivity contribution in [3.8, 4) is 11.3 Å². The molecule has 0 aliphatic heterocycles. The summed E-state index contributed by atoms with van der Waals surface area (Å²) in [7, 11) is 1.68. The molecule has 5 nitrogen and oxygen atoms in total. The molecule has 0 unspecified atom stereocenters. The minimum absolute atomic E-state index is 0.271. The number of nitrogens with one attached hydrogen (secondary N) is 3. The minimum atomic E-state index is -0.271.